The maximum atomic E-state index is 12.7. The summed E-state index contributed by atoms with van der Waals surface area (Å²) in [6.07, 6.45) is -6.36. The number of nitrogens with one attached hydrogen (secondary N) is 2. The standard InChI is InChI=1S/C21H21F3N6O2S/c1-10-15(19-29-12-4-2-3-5-14(12)33-19)18(30-20(27-10)26-9-21(22,23)24)28-13-8-11(6-7-25)16(31)17(13)32/h2-5,11,13,16-17,31-32H,6,8-9H2,1H3,(H2,26,27,28,30). The van der Waals surface area contributed by atoms with E-state index in [4.69, 9.17) is 5.26 Å². The number of hydrogen-bond donors (Lipinski definition) is 4. The highest BCUT2D eigenvalue weighted by atomic mass is 32.1. The van der Waals surface area contributed by atoms with Crippen molar-refractivity contribution < 1.29 is 23.4 Å². The van der Waals surface area contributed by atoms with Crippen LogP contribution in [0.25, 0.3) is 20.8 Å². The zero-order valence-electron chi connectivity index (χ0n) is 17.5. The van der Waals surface area contributed by atoms with E-state index in [1.807, 2.05) is 30.3 Å². The number of halogens is 3. The van der Waals surface area contributed by atoms with Gasteiger partial charge in [-0.25, -0.2) is 9.97 Å². The van der Waals surface area contributed by atoms with Crippen LogP contribution in [0.15, 0.2) is 24.3 Å². The van der Waals surface area contributed by atoms with E-state index < -0.39 is 36.9 Å². The number of aliphatic hydroxyl groups is 2. The molecule has 1 aliphatic rings. The average Bonchev–Trinajstić information content (AvgIpc) is 3.28. The second kappa shape index (κ2) is 9.09. The molecule has 4 N–H and O–H groups in total. The predicted molar refractivity (Wildman–Crippen MR) is 118 cm³/mol. The van der Waals surface area contributed by atoms with Crippen LogP contribution in [0.2, 0.25) is 0 Å². The second-order valence-corrected chi connectivity index (χ2v) is 8.93. The summed E-state index contributed by atoms with van der Waals surface area (Å²) in [5.74, 6) is -0.460. The number of benzene rings is 1. The summed E-state index contributed by atoms with van der Waals surface area (Å²) in [7, 11) is 0. The highest BCUT2D eigenvalue weighted by Crippen LogP contribution is 2.38. The Kier molecular flexibility index (Phi) is 6.38. The number of aryl methyl sites for hydroxylation is 1. The van der Waals surface area contributed by atoms with E-state index in [2.05, 4.69) is 25.6 Å². The van der Waals surface area contributed by atoms with Crippen LogP contribution in [0.3, 0.4) is 0 Å². The number of nitrogens with zero attached hydrogens (tertiary/aromatic N) is 4. The number of rotatable bonds is 6. The Bertz CT molecular complexity index is 1160. The van der Waals surface area contributed by atoms with Gasteiger partial charge in [0.2, 0.25) is 5.95 Å². The minimum atomic E-state index is -4.45. The molecule has 1 fully saturated rings. The lowest BCUT2D eigenvalue weighted by molar-refractivity contribution is -0.115. The molecule has 1 aliphatic carbocycles. The fraction of sp³-hybridized carbons (Fsp3) is 0.429. The monoisotopic (exact) mass is 478 g/mol. The van der Waals surface area contributed by atoms with Crippen LogP contribution in [-0.4, -0.2) is 56.1 Å². The number of hydrogen-bond acceptors (Lipinski definition) is 9. The van der Waals surface area contributed by atoms with Crippen molar-refractivity contribution in [3.63, 3.8) is 0 Å². The first-order chi connectivity index (χ1) is 15.7. The number of aromatic nitrogens is 3. The van der Waals surface area contributed by atoms with Gasteiger partial charge in [-0.1, -0.05) is 12.1 Å². The zero-order chi connectivity index (χ0) is 23.8. The predicted octanol–water partition coefficient (Wildman–Crippen LogP) is 3.47. The Morgan fingerprint density at radius 1 is 1.18 bits per heavy atom. The van der Waals surface area contributed by atoms with Crippen molar-refractivity contribution >= 4 is 33.3 Å². The lowest BCUT2D eigenvalue weighted by atomic mass is 10.0. The van der Waals surface area contributed by atoms with Gasteiger partial charge in [0.25, 0.3) is 0 Å². The molecule has 2 aromatic heterocycles. The van der Waals surface area contributed by atoms with Crippen molar-refractivity contribution in [2.45, 2.75) is 44.2 Å². The molecule has 12 heteroatoms. The minimum Gasteiger partial charge on any atom is -0.390 e. The summed E-state index contributed by atoms with van der Waals surface area (Å²) in [5.41, 5.74) is 1.66. The Morgan fingerprint density at radius 3 is 2.64 bits per heavy atom. The number of fused-ring (bicyclic) bond motifs is 1. The molecule has 8 nitrogen and oxygen atoms in total. The molecule has 33 heavy (non-hydrogen) atoms. The van der Waals surface area contributed by atoms with Crippen molar-refractivity contribution in [3.05, 3.63) is 30.0 Å². The van der Waals surface area contributed by atoms with Crippen LogP contribution in [0.4, 0.5) is 24.9 Å². The molecule has 0 amide bonds. The number of para-hydroxylation sites is 1. The molecular weight excluding hydrogens is 457 g/mol. The molecule has 0 radical (unpaired) electrons. The first-order valence-electron chi connectivity index (χ1n) is 10.2. The zero-order valence-corrected chi connectivity index (χ0v) is 18.3. The van der Waals surface area contributed by atoms with Gasteiger partial charge >= 0.3 is 6.18 Å². The smallest absolute Gasteiger partial charge is 0.390 e. The molecule has 0 bridgehead atoms. The molecule has 4 atom stereocenters. The number of alkyl halides is 3. The van der Waals surface area contributed by atoms with Crippen molar-refractivity contribution in [2.24, 2.45) is 5.92 Å². The van der Waals surface area contributed by atoms with Crippen molar-refractivity contribution in [1.29, 1.82) is 5.26 Å². The van der Waals surface area contributed by atoms with E-state index in [9.17, 15) is 23.4 Å². The minimum absolute atomic E-state index is 0.0717. The van der Waals surface area contributed by atoms with Crippen LogP contribution < -0.4 is 10.6 Å². The summed E-state index contributed by atoms with van der Waals surface area (Å²) >= 11 is 1.38. The van der Waals surface area contributed by atoms with Gasteiger partial charge in [-0.3, -0.25) is 0 Å². The van der Waals surface area contributed by atoms with Crippen molar-refractivity contribution in [3.8, 4) is 16.6 Å². The Balaban J connectivity index is 1.73. The Hall–Kier alpha value is -3.01. The molecule has 174 valence electrons. The topological polar surface area (TPSA) is 127 Å². The summed E-state index contributed by atoms with van der Waals surface area (Å²) in [6, 6.07) is 8.82. The highest BCUT2D eigenvalue weighted by molar-refractivity contribution is 7.21. The Morgan fingerprint density at radius 2 is 1.94 bits per heavy atom. The largest absolute Gasteiger partial charge is 0.405 e. The fourth-order valence-electron chi connectivity index (χ4n) is 3.93. The van der Waals surface area contributed by atoms with Gasteiger partial charge in [-0.05, 0) is 25.5 Å². The van der Waals surface area contributed by atoms with E-state index >= 15 is 0 Å². The molecule has 4 unspecified atom stereocenters. The van der Waals surface area contributed by atoms with E-state index in [0.717, 1.165) is 10.2 Å². The van der Waals surface area contributed by atoms with E-state index in [0.29, 0.717) is 22.7 Å². The van der Waals surface area contributed by atoms with Crippen LogP contribution in [0.1, 0.15) is 18.5 Å². The molecule has 0 aliphatic heterocycles. The fourth-order valence-corrected chi connectivity index (χ4v) is 5.00. The molecule has 2 heterocycles. The highest BCUT2D eigenvalue weighted by Gasteiger charge is 2.42. The van der Waals surface area contributed by atoms with Crippen molar-refractivity contribution in [2.75, 3.05) is 17.2 Å². The van der Waals surface area contributed by atoms with E-state index in [-0.39, 0.29) is 18.2 Å². The molecule has 1 aromatic carbocycles. The normalized spacial score (nSPS) is 22.9. The summed E-state index contributed by atoms with van der Waals surface area (Å²) < 4.78 is 39.1. The molecule has 3 aromatic rings. The van der Waals surface area contributed by atoms with Crippen LogP contribution in [0, 0.1) is 24.2 Å². The summed E-state index contributed by atoms with van der Waals surface area (Å²) in [4.78, 5) is 13.1. The number of aliphatic hydroxyl groups excluding tert-OH is 2. The molecule has 1 saturated carbocycles. The lowest BCUT2D eigenvalue weighted by Crippen LogP contribution is -2.35. The van der Waals surface area contributed by atoms with Crippen LogP contribution in [0.5, 0.6) is 0 Å². The van der Waals surface area contributed by atoms with Gasteiger partial charge in [0.05, 0.1) is 39.7 Å². The van der Waals surface area contributed by atoms with Gasteiger partial charge in [-0.15, -0.1) is 11.3 Å². The maximum Gasteiger partial charge on any atom is 0.405 e. The van der Waals surface area contributed by atoms with Gasteiger partial charge < -0.3 is 20.8 Å². The van der Waals surface area contributed by atoms with Crippen LogP contribution in [-0.2, 0) is 0 Å². The number of anilines is 2. The van der Waals surface area contributed by atoms with Gasteiger partial charge in [0, 0.05) is 12.3 Å². The molecule has 4 rings (SSSR count). The average molecular weight is 479 g/mol. The Labute approximate surface area is 191 Å². The maximum absolute atomic E-state index is 12.7. The third kappa shape index (κ3) is 5.00. The molecule has 0 saturated heterocycles. The van der Waals surface area contributed by atoms with Gasteiger partial charge in [0.1, 0.15) is 23.5 Å². The van der Waals surface area contributed by atoms with Gasteiger partial charge in [0.15, 0.2) is 0 Å². The summed E-state index contributed by atoms with van der Waals surface area (Å²) in [6.45, 7) is 0.340. The summed E-state index contributed by atoms with van der Waals surface area (Å²) in [5, 5.41) is 35.6. The molecular formula is C21H21F3N6O2S. The molecule has 0 spiro atoms. The van der Waals surface area contributed by atoms with Crippen molar-refractivity contribution in [1.82, 2.24) is 15.0 Å². The first-order valence-corrected chi connectivity index (χ1v) is 11.0. The number of thiazole rings is 1. The van der Waals surface area contributed by atoms with Gasteiger partial charge in [-0.2, -0.15) is 23.4 Å². The van der Waals surface area contributed by atoms with E-state index in [1.54, 1.807) is 6.92 Å². The second-order valence-electron chi connectivity index (χ2n) is 7.90. The number of nitriles is 1. The SMILES string of the molecule is Cc1nc(NCC(F)(F)F)nc(NC2CC(CC#N)C(O)C2O)c1-c1nc2ccccc2s1. The van der Waals surface area contributed by atoms with Crippen LogP contribution >= 0.6 is 11.3 Å². The third-order valence-electron chi connectivity index (χ3n) is 5.52. The first kappa shape index (κ1) is 23.2. The third-order valence-corrected chi connectivity index (χ3v) is 6.58. The lowest BCUT2D eigenvalue weighted by Gasteiger charge is -2.21. The van der Waals surface area contributed by atoms with E-state index in [1.165, 1.54) is 11.3 Å². The quantitative estimate of drug-likeness (QED) is 0.424.